The summed E-state index contributed by atoms with van der Waals surface area (Å²) in [5, 5.41) is 3.68. The largest absolute Gasteiger partial charge is 0.361 e. The van der Waals surface area contributed by atoms with Crippen molar-refractivity contribution >= 4 is 17.4 Å². The van der Waals surface area contributed by atoms with Gasteiger partial charge in [-0.1, -0.05) is 60.3 Å². The van der Waals surface area contributed by atoms with Crippen LogP contribution in [0, 0.1) is 0 Å². The number of thioether (sulfide) groups is 1. The molecule has 21 heavy (non-hydrogen) atoms. The molecule has 1 N–H and O–H groups in total. The topological polar surface area (TPSA) is 24.9 Å². The Morgan fingerprint density at radius 3 is 2.33 bits per heavy atom. The van der Waals surface area contributed by atoms with E-state index in [1.807, 2.05) is 36.2 Å². The molecule has 0 aliphatic carbocycles. The van der Waals surface area contributed by atoms with Crippen molar-refractivity contribution in [1.29, 1.82) is 0 Å². The fraction of sp³-hybridized carbons (Fsp3) is 0.0556. The van der Waals surface area contributed by atoms with Crippen LogP contribution in [0.5, 0.6) is 0 Å². The molecular formula is C18H14N2S. The number of aromatic nitrogens is 1. The molecule has 4 rings (SSSR count). The summed E-state index contributed by atoms with van der Waals surface area (Å²) in [5.74, 6) is 0. The van der Waals surface area contributed by atoms with Gasteiger partial charge in [-0.05, 0) is 29.8 Å². The molecule has 0 bridgehead atoms. The molecule has 0 saturated heterocycles. The van der Waals surface area contributed by atoms with Crippen molar-refractivity contribution < 1.29 is 0 Å². The number of hydrogen-bond acceptors (Lipinski definition) is 3. The number of para-hydroxylation sites is 1. The summed E-state index contributed by atoms with van der Waals surface area (Å²) in [6.07, 6.45) is 1.85. The summed E-state index contributed by atoms with van der Waals surface area (Å²) < 4.78 is 0. The molecule has 0 unspecified atom stereocenters. The highest BCUT2D eigenvalue weighted by Gasteiger charge is 2.42. The van der Waals surface area contributed by atoms with Crippen LogP contribution in [0.1, 0.15) is 11.3 Å². The van der Waals surface area contributed by atoms with Crippen LogP contribution in [-0.2, 0) is 4.87 Å². The Hall–Kier alpha value is -2.26. The van der Waals surface area contributed by atoms with Gasteiger partial charge in [0.25, 0.3) is 0 Å². The van der Waals surface area contributed by atoms with E-state index < -0.39 is 0 Å². The molecule has 0 spiro atoms. The molecule has 102 valence electrons. The first-order valence-corrected chi connectivity index (χ1v) is 7.73. The van der Waals surface area contributed by atoms with Gasteiger partial charge < -0.3 is 5.32 Å². The second kappa shape index (κ2) is 4.93. The first-order valence-electron chi connectivity index (χ1n) is 6.92. The van der Waals surface area contributed by atoms with E-state index in [4.69, 9.17) is 0 Å². The predicted octanol–water partition coefficient (Wildman–Crippen LogP) is 4.50. The summed E-state index contributed by atoms with van der Waals surface area (Å²) in [6, 6.07) is 25.0. The highest BCUT2D eigenvalue weighted by molar-refractivity contribution is 8.01. The first kappa shape index (κ1) is 12.5. The minimum atomic E-state index is -0.355. The minimum absolute atomic E-state index is 0.355. The third kappa shape index (κ3) is 2.01. The van der Waals surface area contributed by atoms with Crippen molar-refractivity contribution in [3.8, 4) is 0 Å². The van der Waals surface area contributed by atoms with Crippen molar-refractivity contribution in [2.45, 2.75) is 9.77 Å². The summed E-state index contributed by atoms with van der Waals surface area (Å²) in [7, 11) is 0. The second-order valence-corrected chi connectivity index (χ2v) is 6.24. The van der Waals surface area contributed by atoms with Crippen LogP contribution < -0.4 is 5.32 Å². The van der Waals surface area contributed by atoms with Gasteiger partial charge in [0.2, 0.25) is 0 Å². The molecule has 3 heteroatoms. The Bertz CT molecular complexity index is 690. The molecule has 0 fully saturated rings. The highest BCUT2D eigenvalue weighted by atomic mass is 32.2. The van der Waals surface area contributed by atoms with Gasteiger partial charge in [-0.2, -0.15) is 0 Å². The number of hydrogen-bond donors (Lipinski definition) is 1. The van der Waals surface area contributed by atoms with Crippen LogP contribution in [0.3, 0.4) is 0 Å². The Labute approximate surface area is 128 Å². The van der Waals surface area contributed by atoms with E-state index in [9.17, 15) is 0 Å². The van der Waals surface area contributed by atoms with E-state index in [-0.39, 0.29) is 4.87 Å². The highest BCUT2D eigenvalue weighted by Crippen LogP contribution is 2.53. The summed E-state index contributed by atoms with van der Waals surface area (Å²) in [4.78, 5) is 5.51. The van der Waals surface area contributed by atoms with Crippen LogP contribution in [0.2, 0.25) is 0 Å². The quantitative estimate of drug-likeness (QED) is 0.752. The maximum absolute atomic E-state index is 4.61. The first-order chi connectivity index (χ1) is 10.4. The van der Waals surface area contributed by atoms with Gasteiger partial charge >= 0.3 is 0 Å². The molecule has 2 nitrogen and oxygen atoms in total. The number of pyridine rings is 1. The average molecular weight is 290 g/mol. The molecule has 1 aromatic heterocycles. The lowest BCUT2D eigenvalue weighted by atomic mass is 10.0. The second-order valence-electron chi connectivity index (χ2n) is 4.99. The minimum Gasteiger partial charge on any atom is -0.361 e. The fourth-order valence-corrected chi connectivity index (χ4v) is 4.02. The van der Waals surface area contributed by atoms with Gasteiger partial charge in [0.1, 0.15) is 0 Å². The lowest BCUT2D eigenvalue weighted by molar-refractivity contribution is 0.828. The number of benzene rings is 2. The zero-order valence-corrected chi connectivity index (χ0v) is 12.2. The van der Waals surface area contributed by atoms with Crippen LogP contribution in [0.25, 0.3) is 0 Å². The predicted molar refractivity (Wildman–Crippen MR) is 87.4 cm³/mol. The van der Waals surface area contributed by atoms with Crippen molar-refractivity contribution in [2.75, 3.05) is 5.32 Å². The smallest absolute Gasteiger partial charge is 0.157 e. The average Bonchev–Trinajstić information content (AvgIpc) is 2.97. The lowest BCUT2D eigenvalue weighted by Crippen LogP contribution is -2.30. The standard InChI is InChI=1S/C18H14N2S/c1-2-8-14(9-3-1)18(17-12-6-7-13-19-17)20-15-10-4-5-11-16(15)21-18/h1-13,20H/t18-/m1/s1. The summed E-state index contributed by atoms with van der Waals surface area (Å²) in [6.45, 7) is 0. The van der Waals surface area contributed by atoms with Crippen LogP contribution in [0.4, 0.5) is 5.69 Å². The van der Waals surface area contributed by atoms with Crippen LogP contribution in [-0.4, -0.2) is 4.98 Å². The molecule has 0 radical (unpaired) electrons. The third-order valence-corrected chi connectivity index (χ3v) is 5.10. The zero-order chi connectivity index (χ0) is 14.1. The summed E-state index contributed by atoms with van der Waals surface area (Å²) >= 11 is 1.82. The van der Waals surface area contributed by atoms with Crippen LogP contribution in [0.15, 0.2) is 83.9 Å². The van der Waals surface area contributed by atoms with Crippen LogP contribution >= 0.6 is 11.8 Å². The number of rotatable bonds is 2. The SMILES string of the molecule is c1ccc([C@@]2(c3ccccn3)Nc3ccccc3S2)cc1. The molecule has 2 aromatic carbocycles. The van der Waals surface area contributed by atoms with E-state index >= 15 is 0 Å². The number of nitrogens with zero attached hydrogens (tertiary/aromatic N) is 1. The van der Waals surface area contributed by atoms with Crippen molar-refractivity contribution in [3.63, 3.8) is 0 Å². The van der Waals surface area contributed by atoms with Crippen molar-refractivity contribution in [1.82, 2.24) is 4.98 Å². The van der Waals surface area contributed by atoms with E-state index in [1.165, 1.54) is 10.5 Å². The van der Waals surface area contributed by atoms with Crippen molar-refractivity contribution in [3.05, 3.63) is 90.3 Å². The maximum atomic E-state index is 4.61. The van der Waals surface area contributed by atoms with E-state index in [0.29, 0.717) is 0 Å². The number of anilines is 1. The molecule has 1 atom stereocenters. The zero-order valence-electron chi connectivity index (χ0n) is 11.4. The Morgan fingerprint density at radius 1 is 0.810 bits per heavy atom. The van der Waals surface area contributed by atoms with Gasteiger partial charge in [-0.15, -0.1) is 0 Å². The molecule has 2 heterocycles. The monoisotopic (exact) mass is 290 g/mol. The van der Waals surface area contributed by atoms with Gasteiger partial charge in [0.05, 0.1) is 5.69 Å². The molecule has 1 aliphatic rings. The maximum Gasteiger partial charge on any atom is 0.157 e. The molecular weight excluding hydrogens is 276 g/mol. The Morgan fingerprint density at radius 2 is 1.57 bits per heavy atom. The van der Waals surface area contributed by atoms with E-state index in [1.54, 1.807) is 0 Å². The lowest BCUT2D eigenvalue weighted by Gasteiger charge is -2.29. The molecule has 1 aliphatic heterocycles. The molecule has 3 aromatic rings. The van der Waals surface area contributed by atoms with E-state index in [0.717, 1.165) is 11.4 Å². The summed E-state index contributed by atoms with van der Waals surface area (Å²) in [5.41, 5.74) is 3.40. The van der Waals surface area contributed by atoms with Gasteiger partial charge in [0.15, 0.2) is 4.87 Å². The Balaban J connectivity index is 1.90. The van der Waals surface area contributed by atoms with Gasteiger partial charge in [0, 0.05) is 16.8 Å². The number of fused-ring (bicyclic) bond motifs is 1. The number of nitrogens with one attached hydrogen (secondary N) is 1. The fourth-order valence-electron chi connectivity index (χ4n) is 2.68. The normalized spacial score (nSPS) is 19.8. The molecule has 0 saturated carbocycles. The van der Waals surface area contributed by atoms with E-state index in [2.05, 4.69) is 64.9 Å². The third-order valence-electron chi connectivity index (χ3n) is 3.67. The van der Waals surface area contributed by atoms with Gasteiger partial charge in [-0.25, -0.2) is 0 Å². The Kier molecular flexibility index (Phi) is 2.93. The molecule has 0 amide bonds. The van der Waals surface area contributed by atoms with Crippen molar-refractivity contribution in [2.24, 2.45) is 0 Å². The van der Waals surface area contributed by atoms with Gasteiger partial charge in [-0.3, -0.25) is 4.98 Å².